The Morgan fingerprint density at radius 3 is 3.00 bits per heavy atom. The number of carbonyl (C=O) groups is 1. The zero-order valence-electron chi connectivity index (χ0n) is 13.7. The lowest BCUT2D eigenvalue weighted by atomic mass is 9.95. The molecule has 2 atom stereocenters. The Morgan fingerprint density at radius 1 is 1.46 bits per heavy atom. The van der Waals surface area contributed by atoms with Crippen LogP contribution in [0, 0.1) is 12.8 Å². The van der Waals surface area contributed by atoms with Crippen LogP contribution in [0.15, 0.2) is 18.3 Å². The number of hydrogen-bond donors (Lipinski definition) is 3. The van der Waals surface area contributed by atoms with Crippen LogP contribution in [-0.4, -0.2) is 52.4 Å². The van der Waals surface area contributed by atoms with Crippen molar-refractivity contribution in [2.45, 2.75) is 19.4 Å². The molecule has 4 N–H and O–H groups in total. The maximum absolute atomic E-state index is 11.9. The van der Waals surface area contributed by atoms with Crippen molar-refractivity contribution in [3.8, 4) is 0 Å². The third-order valence-electron chi connectivity index (χ3n) is 3.91. The molecular weight excluding hydrogens is 310 g/mol. The van der Waals surface area contributed by atoms with Crippen LogP contribution in [0.4, 0.5) is 17.6 Å². The number of nitrogens with two attached hydrogens (primary N) is 1. The van der Waals surface area contributed by atoms with Crippen molar-refractivity contribution in [2.75, 3.05) is 30.4 Å². The molecule has 9 nitrogen and oxygen atoms in total. The van der Waals surface area contributed by atoms with E-state index in [4.69, 9.17) is 10.5 Å². The van der Waals surface area contributed by atoms with E-state index in [0.29, 0.717) is 31.3 Å². The van der Waals surface area contributed by atoms with E-state index >= 15 is 0 Å². The predicted molar refractivity (Wildman–Crippen MR) is 89.0 cm³/mol. The molecule has 1 aliphatic rings. The molecule has 0 amide bonds. The van der Waals surface area contributed by atoms with Crippen LogP contribution in [0.2, 0.25) is 0 Å². The number of nitrogens with zero attached hydrogens (tertiary/aromatic N) is 4. The fourth-order valence-corrected chi connectivity index (χ4v) is 2.86. The van der Waals surface area contributed by atoms with Crippen LogP contribution in [0.1, 0.15) is 12.1 Å². The molecular formula is C15H21N7O2. The number of anilines is 3. The molecule has 2 aromatic heterocycles. The van der Waals surface area contributed by atoms with Crippen LogP contribution >= 0.6 is 0 Å². The second kappa shape index (κ2) is 6.83. The molecule has 1 saturated heterocycles. The summed E-state index contributed by atoms with van der Waals surface area (Å²) < 4.78 is 4.85. The highest BCUT2D eigenvalue weighted by molar-refractivity contribution is 5.73. The lowest BCUT2D eigenvalue weighted by molar-refractivity contribution is -0.145. The summed E-state index contributed by atoms with van der Waals surface area (Å²) in [5.41, 5.74) is 6.91. The number of hydrogen-bond acceptors (Lipinski definition) is 8. The Balaban J connectivity index is 1.82. The maximum atomic E-state index is 11.9. The lowest BCUT2D eigenvalue weighted by Crippen LogP contribution is -2.50. The van der Waals surface area contributed by atoms with E-state index in [1.165, 1.54) is 7.11 Å². The normalized spacial score (nSPS) is 20.7. The summed E-state index contributed by atoms with van der Waals surface area (Å²) in [4.78, 5) is 22.8. The molecule has 0 spiro atoms. The summed E-state index contributed by atoms with van der Waals surface area (Å²) in [6.07, 6.45) is 2.26. The van der Waals surface area contributed by atoms with E-state index in [1.807, 2.05) is 17.9 Å². The number of aromatic nitrogens is 4. The molecule has 1 fully saturated rings. The highest BCUT2D eigenvalue weighted by atomic mass is 16.5. The second-order valence-corrected chi connectivity index (χ2v) is 5.91. The summed E-state index contributed by atoms with van der Waals surface area (Å²) in [5.74, 6) is 1.41. The molecule has 1 aliphatic heterocycles. The molecule has 0 radical (unpaired) electrons. The molecule has 3 heterocycles. The van der Waals surface area contributed by atoms with Gasteiger partial charge in [0, 0.05) is 37.0 Å². The highest BCUT2D eigenvalue weighted by Crippen LogP contribution is 2.23. The van der Waals surface area contributed by atoms with Crippen molar-refractivity contribution in [1.82, 2.24) is 20.2 Å². The van der Waals surface area contributed by atoms with Crippen LogP contribution in [0.5, 0.6) is 0 Å². The fourth-order valence-electron chi connectivity index (χ4n) is 2.86. The summed E-state index contributed by atoms with van der Waals surface area (Å²) in [6.45, 7) is 2.98. The van der Waals surface area contributed by atoms with Crippen LogP contribution in [0.25, 0.3) is 0 Å². The third-order valence-corrected chi connectivity index (χ3v) is 3.91. The summed E-state index contributed by atoms with van der Waals surface area (Å²) in [7, 11) is 1.39. The standard InChI is InChI=1S/C15H21N7O2/c1-9-5-13(19-12-3-4-17-21-12)20-15(18-9)22-7-10(14(23)24-2)6-11(16)8-22/h3-5,10-11H,6-8,16H2,1-2H3,(H2,17,18,19,20,21)/t10-,11+/m1/s1. The molecule has 9 heteroatoms. The summed E-state index contributed by atoms with van der Waals surface area (Å²) in [6, 6.07) is 3.52. The monoisotopic (exact) mass is 331 g/mol. The van der Waals surface area contributed by atoms with Gasteiger partial charge in [0.1, 0.15) is 11.6 Å². The van der Waals surface area contributed by atoms with E-state index in [2.05, 4.69) is 25.5 Å². The van der Waals surface area contributed by atoms with Gasteiger partial charge < -0.3 is 20.7 Å². The molecule has 3 rings (SSSR count). The molecule has 0 aromatic carbocycles. The van der Waals surface area contributed by atoms with Gasteiger partial charge >= 0.3 is 5.97 Å². The first-order chi connectivity index (χ1) is 11.5. The number of aryl methyl sites for hydroxylation is 1. The van der Waals surface area contributed by atoms with Gasteiger partial charge in [-0.15, -0.1) is 0 Å². The maximum Gasteiger partial charge on any atom is 0.310 e. The fraction of sp³-hybridized carbons (Fsp3) is 0.467. The van der Waals surface area contributed by atoms with Gasteiger partial charge in [-0.05, 0) is 13.3 Å². The molecule has 0 saturated carbocycles. The largest absolute Gasteiger partial charge is 0.469 e. The van der Waals surface area contributed by atoms with Crippen LogP contribution < -0.4 is 16.0 Å². The smallest absolute Gasteiger partial charge is 0.310 e. The number of piperidine rings is 1. The van der Waals surface area contributed by atoms with Gasteiger partial charge in [-0.3, -0.25) is 9.89 Å². The quantitative estimate of drug-likeness (QED) is 0.695. The Bertz CT molecular complexity index is 704. The Hall–Kier alpha value is -2.68. The summed E-state index contributed by atoms with van der Waals surface area (Å²) in [5, 5.41) is 9.86. The Morgan fingerprint density at radius 2 is 2.29 bits per heavy atom. The van der Waals surface area contributed by atoms with Crippen molar-refractivity contribution in [3.05, 3.63) is 24.0 Å². The van der Waals surface area contributed by atoms with Gasteiger partial charge in [0.2, 0.25) is 5.95 Å². The van der Waals surface area contributed by atoms with Crippen LogP contribution in [-0.2, 0) is 9.53 Å². The van der Waals surface area contributed by atoms with Gasteiger partial charge in [0.05, 0.1) is 19.2 Å². The van der Waals surface area contributed by atoms with Crippen molar-refractivity contribution in [1.29, 1.82) is 0 Å². The van der Waals surface area contributed by atoms with Gasteiger partial charge in [-0.2, -0.15) is 10.1 Å². The topological polar surface area (TPSA) is 122 Å². The lowest BCUT2D eigenvalue weighted by Gasteiger charge is -2.35. The Kier molecular flexibility index (Phi) is 4.61. The van der Waals surface area contributed by atoms with E-state index in [0.717, 1.165) is 11.5 Å². The van der Waals surface area contributed by atoms with Crippen LogP contribution in [0.3, 0.4) is 0 Å². The van der Waals surface area contributed by atoms with Gasteiger partial charge in [-0.25, -0.2) is 4.98 Å². The van der Waals surface area contributed by atoms with Gasteiger partial charge in [0.25, 0.3) is 0 Å². The minimum absolute atomic E-state index is 0.129. The molecule has 0 aliphatic carbocycles. The molecule has 0 unspecified atom stereocenters. The minimum Gasteiger partial charge on any atom is -0.469 e. The SMILES string of the molecule is COC(=O)[C@@H]1C[C@H](N)CN(c2nc(C)cc(Nc3ccn[nH]3)n2)C1. The number of aromatic amines is 1. The third kappa shape index (κ3) is 3.62. The molecule has 0 bridgehead atoms. The number of nitrogens with one attached hydrogen (secondary N) is 2. The van der Waals surface area contributed by atoms with E-state index in [-0.39, 0.29) is 17.9 Å². The number of methoxy groups -OCH3 is 1. The predicted octanol–water partition coefficient (Wildman–Crippen LogP) is 0.578. The van der Waals surface area contributed by atoms with E-state index in [1.54, 1.807) is 12.3 Å². The van der Waals surface area contributed by atoms with Crippen molar-refractivity contribution < 1.29 is 9.53 Å². The highest BCUT2D eigenvalue weighted by Gasteiger charge is 2.32. The number of ether oxygens (including phenoxy) is 1. The molecule has 24 heavy (non-hydrogen) atoms. The number of esters is 1. The number of H-pyrrole nitrogens is 1. The first-order valence-electron chi connectivity index (χ1n) is 7.75. The molecule has 128 valence electrons. The average Bonchev–Trinajstić information content (AvgIpc) is 3.06. The average molecular weight is 331 g/mol. The Labute approximate surface area is 139 Å². The second-order valence-electron chi connectivity index (χ2n) is 5.91. The van der Waals surface area contributed by atoms with E-state index < -0.39 is 0 Å². The zero-order chi connectivity index (χ0) is 17.1. The first kappa shape index (κ1) is 16.2. The van der Waals surface area contributed by atoms with Gasteiger partial charge in [-0.1, -0.05) is 0 Å². The van der Waals surface area contributed by atoms with Crippen molar-refractivity contribution >= 4 is 23.6 Å². The van der Waals surface area contributed by atoms with Crippen molar-refractivity contribution in [2.24, 2.45) is 11.7 Å². The van der Waals surface area contributed by atoms with Gasteiger partial charge in [0.15, 0.2) is 0 Å². The zero-order valence-corrected chi connectivity index (χ0v) is 13.7. The number of carbonyl (C=O) groups excluding carboxylic acids is 1. The summed E-state index contributed by atoms with van der Waals surface area (Å²) >= 11 is 0. The van der Waals surface area contributed by atoms with Crippen molar-refractivity contribution in [3.63, 3.8) is 0 Å². The molecule has 2 aromatic rings. The minimum atomic E-state index is -0.271. The van der Waals surface area contributed by atoms with E-state index in [9.17, 15) is 4.79 Å². The first-order valence-corrected chi connectivity index (χ1v) is 7.75. The number of rotatable bonds is 4.